The third-order valence-corrected chi connectivity index (χ3v) is 2.48. The van der Waals surface area contributed by atoms with Gasteiger partial charge >= 0.3 is 0 Å². The van der Waals surface area contributed by atoms with Crippen molar-refractivity contribution in [2.75, 3.05) is 5.32 Å². The summed E-state index contributed by atoms with van der Waals surface area (Å²) in [4.78, 5) is 11.9. The molecule has 1 atom stereocenters. The molecule has 0 aliphatic carbocycles. The summed E-state index contributed by atoms with van der Waals surface area (Å²) in [7, 11) is 0. The van der Waals surface area contributed by atoms with Crippen molar-refractivity contribution in [3.63, 3.8) is 0 Å². The number of hydrogen-bond donors (Lipinski definition) is 3. The Morgan fingerprint density at radius 3 is 2.68 bits per heavy atom. The monoisotopic (exact) mass is 261 g/mol. The van der Waals surface area contributed by atoms with Crippen molar-refractivity contribution in [2.45, 2.75) is 20.0 Å². The number of H-pyrrole nitrogens is 1. The van der Waals surface area contributed by atoms with Gasteiger partial charge in [-0.05, 0) is 38.1 Å². The van der Waals surface area contributed by atoms with E-state index in [-0.39, 0.29) is 11.7 Å². The highest BCUT2D eigenvalue weighted by Gasteiger charge is 2.15. The third kappa shape index (κ3) is 3.48. The lowest BCUT2D eigenvalue weighted by Crippen LogP contribution is -2.30. The van der Waals surface area contributed by atoms with Crippen LogP contribution in [0.2, 0.25) is 0 Å². The Labute approximate surface area is 110 Å². The Hall–Kier alpha value is -2.50. The summed E-state index contributed by atoms with van der Waals surface area (Å²) in [5.41, 5.74) is 0.863. The number of benzene rings is 1. The minimum absolute atomic E-state index is 0.149. The fraction of sp³-hybridized carbons (Fsp3) is 0.231. The van der Waals surface area contributed by atoms with Crippen LogP contribution in [0.25, 0.3) is 0 Å². The topological polar surface area (TPSA) is 87.2 Å². The molecule has 100 valence electrons. The average Bonchev–Trinajstić information content (AvgIpc) is 2.77. The number of carbonyl (C=O) groups excluding carboxylic acids is 1. The number of rotatable bonds is 4. The lowest BCUT2D eigenvalue weighted by molar-refractivity contribution is -0.122. The highest BCUT2D eigenvalue weighted by Crippen LogP contribution is 2.17. The van der Waals surface area contributed by atoms with Crippen molar-refractivity contribution in [2.24, 2.45) is 0 Å². The number of carbonyl (C=O) groups is 1. The number of amides is 1. The normalized spacial score (nSPS) is 11.9. The first-order valence-electron chi connectivity index (χ1n) is 5.83. The summed E-state index contributed by atoms with van der Waals surface area (Å²) in [6.45, 7) is 3.49. The summed E-state index contributed by atoms with van der Waals surface area (Å²) < 4.78 is 5.45. The van der Waals surface area contributed by atoms with Crippen LogP contribution in [0.15, 0.2) is 30.3 Å². The number of nitrogens with zero attached hydrogens (tertiary/aromatic N) is 1. The SMILES string of the molecule is Cc1cc(NC(=O)C(C)Oc2ccc(O)cc2)n[nH]1. The molecule has 0 spiro atoms. The molecule has 2 aromatic rings. The second kappa shape index (κ2) is 5.43. The summed E-state index contributed by atoms with van der Waals surface area (Å²) in [5, 5.41) is 18.4. The van der Waals surface area contributed by atoms with Crippen LogP contribution < -0.4 is 10.1 Å². The van der Waals surface area contributed by atoms with Crippen LogP contribution in [0.1, 0.15) is 12.6 Å². The zero-order chi connectivity index (χ0) is 13.8. The number of aromatic amines is 1. The standard InChI is InChI=1S/C13H15N3O3/c1-8-7-12(16-15-8)14-13(18)9(2)19-11-5-3-10(17)4-6-11/h3-7,9,17H,1-2H3,(H2,14,15,16,18). The lowest BCUT2D eigenvalue weighted by atomic mass is 10.3. The molecular weight excluding hydrogens is 246 g/mol. The minimum atomic E-state index is -0.665. The maximum Gasteiger partial charge on any atom is 0.266 e. The largest absolute Gasteiger partial charge is 0.508 e. The number of hydrogen-bond acceptors (Lipinski definition) is 4. The van der Waals surface area contributed by atoms with E-state index in [1.807, 2.05) is 6.92 Å². The van der Waals surface area contributed by atoms with Gasteiger partial charge in [0.2, 0.25) is 0 Å². The summed E-state index contributed by atoms with van der Waals surface area (Å²) in [6, 6.07) is 7.91. The Bertz CT molecular complexity index is 563. The second-order valence-electron chi connectivity index (χ2n) is 4.18. The molecule has 0 radical (unpaired) electrons. The van der Waals surface area contributed by atoms with E-state index in [4.69, 9.17) is 9.84 Å². The van der Waals surface area contributed by atoms with Gasteiger partial charge in [-0.25, -0.2) is 0 Å². The van der Waals surface area contributed by atoms with Crippen LogP contribution in [0, 0.1) is 6.92 Å². The molecule has 1 aromatic heterocycles. The number of aryl methyl sites for hydroxylation is 1. The van der Waals surface area contributed by atoms with E-state index in [0.29, 0.717) is 11.6 Å². The van der Waals surface area contributed by atoms with Crippen LogP contribution in [0.4, 0.5) is 5.82 Å². The molecule has 1 unspecified atom stereocenters. The van der Waals surface area contributed by atoms with Gasteiger partial charge in [0.1, 0.15) is 11.5 Å². The van der Waals surface area contributed by atoms with E-state index in [9.17, 15) is 4.79 Å². The van der Waals surface area contributed by atoms with Gasteiger partial charge < -0.3 is 15.2 Å². The van der Waals surface area contributed by atoms with Gasteiger partial charge in [-0.2, -0.15) is 5.10 Å². The van der Waals surface area contributed by atoms with Gasteiger partial charge in [-0.1, -0.05) is 0 Å². The van der Waals surface area contributed by atoms with Crippen molar-refractivity contribution in [1.82, 2.24) is 10.2 Å². The van der Waals surface area contributed by atoms with Crippen molar-refractivity contribution < 1.29 is 14.6 Å². The predicted octanol–water partition coefficient (Wildman–Crippen LogP) is 1.83. The first-order valence-corrected chi connectivity index (χ1v) is 5.83. The Balaban J connectivity index is 1.94. The number of aromatic hydroxyl groups is 1. The molecule has 6 heteroatoms. The van der Waals surface area contributed by atoms with Gasteiger partial charge in [0, 0.05) is 11.8 Å². The molecule has 3 N–H and O–H groups in total. The Morgan fingerprint density at radius 1 is 1.42 bits per heavy atom. The summed E-state index contributed by atoms with van der Waals surface area (Å²) in [6.07, 6.45) is -0.665. The molecule has 0 aliphatic rings. The van der Waals surface area contributed by atoms with Gasteiger partial charge in [0.25, 0.3) is 5.91 Å². The number of ether oxygens (including phenoxy) is 1. The molecule has 1 amide bonds. The molecular formula is C13H15N3O3. The molecule has 1 aromatic carbocycles. The Morgan fingerprint density at radius 2 is 2.11 bits per heavy atom. The number of phenolic OH excluding ortho intramolecular Hbond substituents is 1. The molecule has 0 fully saturated rings. The average molecular weight is 261 g/mol. The highest BCUT2D eigenvalue weighted by molar-refractivity contribution is 5.93. The van der Waals surface area contributed by atoms with E-state index in [1.54, 1.807) is 25.1 Å². The van der Waals surface area contributed by atoms with E-state index < -0.39 is 6.10 Å². The van der Waals surface area contributed by atoms with Crippen molar-refractivity contribution in [3.8, 4) is 11.5 Å². The fourth-order valence-corrected chi connectivity index (χ4v) is 1.49. The number of nitrogens with one attached hydrogen (secondary N) is 2. The summed E-state index contributed by atoms with van der Waals surface area (Å²) >= 11 is 0. The van der Waals surface area contributed by atoms with Gasteiger partial charge in [0.05, 0.1) is 0 Å². The predicted molar refractivity (Wildman–Crippen MR) is 70.2 cm³/mol. The second-order valence-corrected chi connectivity index (χ2v) is 4.18. The minimum Gasteiger partial charge on any atom is -0.508 e. The van der Waals surface area contributed by atoms with E-state index in [1.165, 1.54) is 12.1 Å². The highest BCUT2D eigenvalue weighted by atomic mass is 16.5. The summed E-state index contributed by atoms with van der Waals surface area (Å²) in [5.74, 6) is 0.832. The molecule has 0 saturated heterocycles. The first-order chi connectivity index (χ1) is 9.04. The van der Waals surface area contributed by atoms with Gasteiger partial charge in [-0.3, -0.25) is 9.89 Å². The Kier molecular flexibility index (Phi) is 3.70. The zero-order valence-corrected chi connectivity index (χ0v) is 10.7. The van der Waals surface area contributed by atoms with Crippen LogP contribution >= 0.6 is 0 Å². The first kappa shape index (κ1) is 12.9. The van der Waals surface area contributed by atoms with Gasteiger partial charge in [-0.15, -0.1) is 0 Å². The maximum absolute atomic E-state index is 11.9. The van der Waals surface area contributed by atoms with Crippen LogP contribution in [0.5, 0.6) is 11.5 Å². The molecule has 0 saturated carbocycles. The van der Waals surface area contributed by atoms with Crippen LogP contribution in [0.3, 0.4) is 0 Å². The number of anilines is 1. The fourth-order valence-electron chi connectivity index (χ4n) is 1.49. The number of phenols is 1. The van der Waals surface area contributed by atoms with Crippen LogP contribution in [-0.2, 0) is 4.79 Å². The molecule has 0 bridgehead atoms. The molecule has 2 rings (SSSR count). The molecule has 6 nitrogen and oxygen atoms in total. The molecule has 0 aliphatic heterocycles. The van der Waals surface area contributed by atoms with Crippen molar-refractivity contribution in [1.29, 1.82) is 0 Å². The van der Waals surface area contributed by atoms with E-state index in [2.05, 4.69) is 15.5 Å². The smallest absolute Gasteiger partial charge is 0.266 e. The van der Waals surface area contributed by atoms with Crippen molar-refractivity contribution >= 4 is 11.7 Å². The van der Waals surface area contributed by atoms with Gasteiger partial charge in [0.15, 0.2) is 11.9 Å². The van der Waals surface area contributed by atoms with Crippen LogP contribution in [-0.4, -0.2) is 27.3 Å². The lowest BCUT2D eigenvalue weighted by Gasteiger charge is -2.13. The number of aromatic nitrogens is 2. The molecule has 1 heterocycles. The zero-order valence-electron chi connectivity index (χ0n) is 10.7. The van der Waals surface area contributed by atoms with E-state index in [0.717, 1.165) is 5.69 Å². The van der Waals surface area contributed by atoms with Crippen molar-refractivity contribution in [3.05, 3.63) is 36.0 Å². The molecule has 19 heavy (non-hydrogen) atoms. The third-order valence-electron chi connectivity index (χ3n) is 2.48. The van der Waals surface area contributed by atoms with E-state index >= 15 is 0 Å². The maximum atomic E-state index is 11.9. The quantitative estimate of drug-likeness (QED) is 0.783.